The zero-order chi connectivity index (χ0) is 28.3. The number of aromatic nitrogens is 1. The Balaban J connectivity index is 1.51. The number of hydrogen-bond donors (Lipinski definition) is 0. The highest BCUT2D eigenvalue weighted by Crippen LogP contribution is 2.41. The molecular formula is C29H27N3O6S2. The van der Waals surface area contributed by atoms with Crippen molar-refractivity contribution in [1.29, 1.82) is 0 Å². The zero-order valence-electron chi connectivity index (χ0n) is 22.1. The number of para-hydroxylation sites is 1. The molecule has 0 aliphatic rings. The molecule has 0 aliphatic carbocycles. The van der Waals surface area contributed by atoms with Gasteiger partial charge in [0.2, 0.25) is 0 Å². The van der Waals surface area contributed by atoms with Crippen molar-refractivity contribution in [3.05, 3.63) is 96.4 Å². The Bertz CT molecular complexity index is 1680. The van der Waals surface area contributed by atoms with Crippen LogP contribution in [0.1, 0.15) is 23.0 Å². The lowest BCUT2D eigenvalue weighted by Gasteiger charge is -2.23. The summed E-state index contributed by atoms with van der Waals surface area (Å²) in [5, 5.41) is 0.414. The molecule has 0 aliphatic heterocycles. The van der Waals surface area contributed by atoms with Crippen molar-refractivity contribution in [3.8, 4) is 11.5 Å². The van der Waals surface area contributed by atoms with Crippen LogP contribution in [-0.4, -0.2) is 40.1 Å². The predicted molar refractivity (Wildman–Crippen MR) is 155 cm³/mol. The number of furan rings is 1. The minimum atomic E-state index is -3.84. The Morgan fingerprint density at radius 3 is 2.25 bits per heavy atom. The number of nitrogens with zero attached hydrogens (tertiary/aromatic N) is 3. The number of ether oxygens (including phenoxy) is 2. The SMILES string of the molecule is CCN(c1ccccc1)S(=O)(=O)c1ccc(C(=O)N(Cc2ccco2)c2nc3c(OC)ccc(OC)c3s2)cc1. The highest BCUT2D eigenvalue weighted by molar-refractivity contribution is 7.92. The fourth-order valence-electron chi connectivity index (χ4n) is 4.31. The number of carbonyl (C=O) groups is 1. The van der Waals surface area contributed by atoms with Crippen LogP contribution >= 0.6 is 11.3 Å². The monoisotopic (exact) mass is 577 g/mol. The summed E-state index contributed by atoms with van der Waals surface area (Å²) in [5.41, 5.74) is 1.43. The van der Waals surface area contributed by atoms with Crippen LogP contribution in [0.4, 0.5) is 10.8 Å². The molecule has 0 unspecified atom stereocenters. The van der Waals surface area contributed by atoms with E-state index < -0.39 is 10.0 Å². The van der Waals surface area contributed by atoms with Gasteiger partial charge in [-0.15, -0.1) is 0 Å². The molecule has 0 saturated heterocycles. The second-order valence-corrected chi connectivity index (χ2v) is 11.5. The summed E-state index contributed by atoms with van der Waals surface area (Å²) in [7, 11) is -0.714. The van der Waals surface area contributed by atoms with Gasteiger partial charge in [0.15, 0.2) is 5.13 Å². The van der Waals surface area contributed by atoms with Gasteiger partial charge in [-0.25, -0.2) is 13.4 Å². The summed E-state index contributed by atoms with van der Waals surface area (Å²) in [6.45, 7) is 2.15. The molecule has 2 aromatic heterocycles. The molecule has 0 spiro atoms. The fourth-order valence-corrected chi connectivity index (χ4v) is 6.86. The largest absolute Gasteiger partial charge is 0.495 e. The van der Waals surface area contributed by atoms with Crippen molar-refractivity contribution in [1.82, 2.24) is 4.98 Å². The molecule has 0 radical (unpaired) electrons. The Kier molecular flexibility index (Phi) is 7.76. The molecular weight excluding hydrogens is 550 g/mol. The first-order valence-electron chi connectivity index (χ1n) is 12.4. The molecule has 206 valence electrons. The van der Waals surface area contributed by atoms with Crippen molar-refractivity contribution in [2.75, 3.05) is 30.0 Å². The quantitative estimate of drug-likeness (QED) is 0.202. The van der Waals surface area contributed by atoms with E-state index in [9.17, 15) is 13.2 Å². The molecule has 9 nitrogen and oxygen atoms in total. The summed E-state index contributed by atoms with van der Waals surface area (Å²) >= 11 is 1.29. The van der Waals surface area contributed by atoms with Crippen molar-refractivity contribution in [3.63, 3.8) is 0 Å². The van der Waals surface area contributed by atoms with E-state index >= 15 is 0 Å². The maximum absolute atomic E-state index is 13.9. The van der Waals surface area contributed by atoms with Crippen LogP contribution in [0, 0.1) is 0 Å². The minimum Gasteiger partial charge on any atom is -0.495 e. The molecule has 0 fully saturated rings. The van der Waals surface area contributed by atoms with Crippen molar-refractivity contribution >= 4 is 48.3 Å². The van der Waals surface area contributed by atoms with Gasteiger partial charge in [0, 0.05) is 12.1 Å². The predicted octanol–water partition coefficient (Wildman–Crippen LogP) is 5.97. The number of amides is 1. The van der Waals surface area contributed by atoms with Crippen LogP contribution in [-0.2, 0) is 16.6 Å². The molecule has 5 aromatic rings. The molecule has 0 saturated carbocycles. The standard InChI is InChI=1S/C29H27N3O6S2/c1-4-32(21-9-6-5-7-10-21)40(34,35)23-14-12-20(13-15-23)28(33)31(19-22-11-8-18-38-22)29-30-26-24(36-2)16-17-25(37-3)27(26)39-29/h5-18H,4,19H2,1-3H3. The summed E-state index contributed by atoms with van der Waals surface area (Å²) < 4.78 is 45.4. The first kappa shape index (κ1) is 27.2. The number of benzene rings is 3. The maximum atomic E-state index is 13.9. The average Bonchev–Trinajstić information content (AvgIpc) is 3.66. The Morgan fingerprint density at radius 2 is 1.62 bits per heavy atom. The van der Waals surface area contributed by atoms with Gasteiger partial charge in [0.25, 0.3) is 15.9 Å². The van der Waals surface area contributed by atoms with Gasteiger partial charge >= 0.3 is 0 Å². The first-order valence-corrected chi connectivity index (χ1v) is 14.7. The molecule has 0 N–H and O–H groups in total. The number of hydrogen-bond acceptors (Lipinski definition) is 8. The number of rotatable bonds is 10. The number of methoxy groups -OCH3 is 2. The lowest BCUT2D eigenvalue weighted by atomic mass is 10.2. The van der Waals surface area contributed by atoms with Crippen molar-refractivity contribution in [2.24, 2.45) is 0 Å². The topological polar surface area (TPSA) is 102 Å². The number of sulfonamides is 1. The number of fused-ring (bicyclic) bond motifs is 1. The Morgan fingerprint density at radius 1 is 0.925 bits per heavy atom. The number of anilines is 2. The highest BCUT2D eigenvalue weighted by Gasteiger charge is 2.27. The van der Waals surface area contributed by atoms with Crippen molar-refractivity contribution < 1.29 is 27.1 Å². The number of thiazole rings is 1. The Labute approximate surface area is 236 Å². The molecule has 40 heavy (non-hydrogen) atoms. The van der Waals surface area contributed by atoms with Gasteiger partial charge in [-0.05, 0) is 67.6 Å². The molecule has 11 heteroatoms. The van der Waals surface area contributed by atoms with E-state index in [-0.39, 0.29) is 23.9 Å². The lowest BCUT2D eigenvalue weighted by Crippen LogP contribution is -2.31. The Hall–Kier alpha value is -4.35. The normalized spacial score (nSPS) is 11.4. The zero-order valence-corrected chi connectivity index (χ0v) is 23.7. The van der Waals surface area contributed by atoms with Gasteiger partial charge in [-0.1, -0.05) is 29.5 Å². The third-order valence-electron chi connectivity index (χ3n) is 6.29. The minimum absolute atomic E-state index is 0.0850. The third-order valence-corrected chi connectivity index (χ3v) is 9.30. The average molecular weight is 578 g/mol. The first-order chi connectivity index (χ1) is 19.4. The smallest absolute Gasteiger partial charge is 0.264 e. The van der Waals surface area contributed by atoms with Crippen LogP contribution in [0.2, 0.25) is 0 Å². The summed E-state index contributed by atoms with van der Waals surface area (Å²) in [5.74, 6) is 1.36. The molecule has 5 rings (SSSR count). The number of carbonyl (C=O) groups excluding carboxylic acids is 1. The third kappa shape index (κ3) is 5.13. The van der Waals surface area contributed by atoms with E-state index in [1.54, 1.807) is 69.7 Å². The van der Waals surface area contributed by atoms with E-state index in [1.165, 1.54) is 51.1 Å². The molecule has 0 bridgehead atoms. The second-order valence-electron chi connectivity index (χ2n) is 8.64. The summed E-state index contributed by atoms with van der Waals surface area (Å²) in [6, 6.07) is 21.9. The molecule has 2 heterocycles. The van der Waals surface area contributed by atoms with Crippen molar-refractivity contribution in [2.45, 2.75) is 18.4 Å². The van der Waals surface area contributed by atoms with Gasteiger partial charge in [0.1, 0.15) is 27.5 Å². The second kappa shape index (κ2) is 11.4. The lowest BCUT2D eigenvalue weighted by molar-refractivity contribution is 0.0983. The van der Waals surface area contributed by atoms with Crippen LogP contribution < -0.4 is 18.7 Å². The van der Waals surface area contributed by atoms with Gasteiger partial charge in [0.05, 0.1) is 37.6 Å². The van der Waals surface area contributed by atoms with E-state index in [2.05, 4.69) is 0 Å². The van der Waals surface area contributed by atoms with Gasteiger partial charge in [-0.3, -0.25) is 14.0 Å². The fraction of sp³-hybridized carbons (Fsp3) is 0.172. The van der Waals surface area contributed by atoms with E-state index in [4.69, 9.17) is 18.9 Å². The van der Waals surface area contributed by atoms with Gasteiger partial charge < -0.3 is 13.9 Å². The van der Waals surface area contributed by atoms with Crippen LogP contribution in [0.15, 0.2) is 94.4 Å². The van der Waals surface area contributed by atoms with E-state index in [0.717, 1.165) is 4.70 Å². The maximum Gasteiger partial charge on any atom is 0.264 e. The highest BCUT2D eigenvalue weighted by atomic mass is 32.2. The summed E-state index contributed by atoms with van der Waals surface area (Å²) in [6.07, 6.45) is 1.54. The molecule has 3 aromatic carbocycles. The molecule has 0 atom stereocenters. The van der Waals surface area contributed by atoms with Gasteiger partial charge in [-0.2, -0.15) is 0 Å². The molecule has 1 amide bonds. The summed E-state index contributed by atoms with van der Waals surface area (Å²) in [4.78, 5) is 20.2. The van der Waals surface area contributed by atoms with E-state index in [0.29, 0.717) is 39.2 Å². The van der Waals surface area contributed by atoms with Crippen LogP contribution in [0.3, 0.4) is 0 Å². The van der Waals surface area contributed by atoms with Crippen LogP contribution in [0.25, 0.3) is 10.2 Å². The van der Waals surface area contributed by atoms with E-state index in [1.807, 2.05) is 6.07 Å². The van der Waals surface area contributed by atoms with Crippen LogP contribution in [0.5, 0.6) is 11.5 Å².